The van der Waals surface area contributed by atoms with Gasteiger partial charge in [-0.25, -0.2) is 4.79 Å². The van der Waals surface area contributed by atoms with Crippen molar-refractivity contribution in [2.75, 3.05) is 26.6 Å². The van der Waals surface area contributed by atoms with E-state index in [0.717, 1.165) is 58.2 Å². The van der Waals surface area contributed by atoms with Gasteiger partial charge in [-0.3, -0.25) is 5.10 Å². The zero-order chi connectivity index (χ0) is 29.6. The highest BCUT2D eigenvalue weighted by atomic mass is 16.6. The molecule has 1 fully saturated rings. The van der Waals surface area contributed by atoms with Crippen LogP contribution in [0.25, 0.3) is 22.4 Å². The molecule has 1 saturated carbocycles. The maximum absolute atomic E-state index is 11.3. The Hall–Kier alpha value is -4.46. The first-order valence-electron chi connectivity index (χ1n) is 13.7. The molecule has 1 aliphatic rings. The molecule has 4 aromatic rings. The number of H-pyrrole nitrogens is 1. The molecule has 2 N–H and O–H groups in total. The second-order valence-electron chi connectivity index (χ2n) is 11.1. The number of carbonyl (C=O) groups excluding carboxylic acids is 1. The minimum absolute atomic E-state index is 0.204. The monoisotopic (exact) mass is 556 g/mol. The minimum atomic E-state index is -0.375. The van der Waals surface area contributed by atoms with Crippen LogP contribution in [0.5, 0.6) is 11.5 Å². The van der Waals surface area contributed by atoms with Crippen molar-refractivity contribution in [1.82, 2.24) is 15.1 Å². The lowest BCUT2D eigenvalue weighted by Crippen LogP contribution is -2.35. The lowest BCUT2D eigenvalue weighted by Gasteiger charge is -2.24. The molecule has 0 unspecified atom stereocenters. The van der Waals surface area contributed by atoms with Crippen molar-refractivity contribution < 1.29 is 19.0 Å². The standard InChI is InChI=1S/C24H23N3O2.C9H17NO2/c1-16-4-10-19(11-5-16)25-24-15-22(26-27-24)18-8-6-17(7-9-18)21-13-12-20(28-2)14-23(21)29-3;1-9(2,3)12-8(11)10(4)7-5-6-7/h4-15H,1-3H3,(H2,25,26,27);7H,5-6H2,1-4H3. The molecular weight excluding hydrogens is 516 g/mol. The van der Waals surface area contributed by atoms with E-state index in [1.54, 1.807) is 26.2 Å². The second kappa shape index (κ2) is 12.8. The average molecular weight is 557 g/mol. The molecule has 0 atom stereocenters. The van der Waals surface area contributed by atoms with Crippen molar-refractivity contribution in [1.29, 1.82) is 0 Å². The van der Waals surface area contributed by atoms with Crippen molar-refractivity contribution in [3.63, 3.8) is 0 Å². The van der Waals surface area contributed by atoms with Gasteiger partial charge in [0.1, 0.15) is 17.1 Å². The van der Waals surface area contributed by atoms with Crippen LogP contribution in [0.4, 0.5) is 16.3 Å². The fraction of sp³-hybridized carbons (Fsp3) is 0.333. The third-order valence-electron chi connectivity index (χ3n) is 6.59. The summed E-state index contributed by atoms with van der Waals surface area (Å²) in [6, 6.07) is 24.8. The minimum Gasteiger partial charge on any atom is -0.497 e. The Morgan fingerprint density at radius 2 is 1.59 bits per heavy atom. The topological polar surface area (TPSA) is 88.7 Å². The Labute approximate surface area is 242 Å². The fourth-order valence-electron chi connectivity index (χ4n) is 4.13. The molecule has 0 saturated heterocycles. The molecule has 8 heteroatoms. The highest BCUT2D eigenvalue weighted by molar-refractivity contribution is 5.75. The smallest absolute Gasteiger partial charge is 0.410 e. The molecule has 1 heterocycles. The number of aryl methyl sites for hydroxylation is 1. The third kappa shape index (κ3) is 8.27. The number of amides is 1. The number of hydrogen-bond donors (Lipinski definition) is 2. The predicted octanol–water partition coefficient (Wildman–Crippen LogP) is 7.83. The van der Waals surface area contributed by atoms with Crippen molar-refractivity contribution in [2.24, 2.45) is 0 Å². The van der Waals surface area contributed by atoms with Crippen molar-refractivity contribution in [3.8, 4) is 33.9 Å². The number of aromatic nitrogens is 2. The van der Waals surface area contributed by atoms with E-state index in [-0.39, 0.29) is 11.7 Å². The molecule has 3 aromatic carbocycles. The second-order valence-corrected chi connectivity index (χ2v) is 11.1. The first kappa shape index (κ1) is 29.5. The zero-order valence-corrected chi connectivity index (χ0v) is 24.9. The van der Waals surface area contributed by atoms with E-state index in [1.165, 1.54) is 5.56 Å². The van der Waals surface area contributed by atoms with Gasteiger partial charge < -0.3 is 24.4 Å². The van der Waals surface area contributed by atoms with Crippen LogP contribution in [0.2, 0.25) is 0 Å². The lowest BCUT2D eigenvalue weighted by atomic mass is 10.0. The Kier molecular flexibility index (Phi) is 9.22. The number of nitrogens with one attached hydrogen (secondary N) is 2. The Morgan fingerprint density at radius 3 is 2.17 bits per heavy atom. The van der Waals surface area contributed by atoms with Gasteiger partial charge >= 0.3 is 6.09 Å². The van der Waals surface area contributed by atoms with Gasteiger partial charge in [-0.15, -0.1) is 0 Å². The highest BCUT2D eigenvalue weighted by Gasteiger charge is 2.32. The van der Waals surface area contributed by atoms with E-state index < -0.39 is 0 Å². The summed E-state index contributed by atoms with van der Waals surface area (Å²) in [5.74, 6) is 2.33. The van der Waals surface area contributed by atoms with E-state index in [9.17, 15) is 4.79 Å². The van der Waals surface area contributed by atoms with Crippen LogP contribution in [0, 0.1) is 6.92 Å². The molecule has 1 aromatic heterocycles. The molecule has 41 heavy (non-hydrogen) atoms. The van der Waals surface area contributed by atoms with Crippen LogP contribution in [-0.4, -0.2) is 54.1 Å². The van der Waals surface area contributed by atoms with Crippen LogP contribution < -0.4 is 14.8 Å². The number of ether oxygens (including phenoxy) is 3. The molecule has 1 amide bonds. The Morgan fingerprint density at radius 1 is 0.927 bits per heavy atom. The summed E-state index contributed by atoms with van der Waals surface area (Å²) in [5.41, 5.74) is 5.97. The van der Waals surface area contributed by atoms with Crippen LogP contribution in [0.15, 0.2) is 72.8 Å². The number of carbonyl (C=O) groups is 1. The normalized spacial score (nSPS) is 12.6. The highest BCUT2D eigenvalue weighted by Crippen LogP contribution is 2.34. The summed E-state index contributed by atoms with van der Waals surface area (Å²) in [4.78, 5) is 13.0. The van der Waals surface area contributed by atoms with Gasteiger partial charge in [-0.1, -0.05) is 42.0 Å². The maximum Gasteiger partial charge on any atom is 0.410 e. The first-order chi connectivity index (χ1) is 19.6. The molecule has 8 nitrogen and oxygen atoms in total. The number of aromatic amines is 1. The van der Waals surface area contributed by atoms with Gasteiger partial charge in [-0.2, -0.15) is 5.10 Å². The summed E-state index contributed by atoms with van der Waals surface area (Å²) in [6.45, 7) is 7.71. The predicted molar refractivity (Wildman–Crippen MR) is 164 cm³/mol. The van der Waals surface area contributed by atoms with E-state index in [0.29, 0.717) is 6.04 Å². The first-order valence-corrected chi connectivity index (χ1v) is 13.7. The largest absolute Gasteiger partial charge is 0.497 e. The fourth-order valence-corrected chi connectivity index (χ4v) is 4.13. The quantitative estimate of drug-likeness (QED) is 0.241. The third-order valence-corrected chi connectivity index (χ3v) is 6.59. The van der Waals surface area contributed by atoms with Crippen LogP contribution in [0.1, 0.15) is 39.2 Å². The molecule has 0 radical (unpaired) electrons. The number of anilines is 2. The summed E-state index contributed by atoms with van der Waals surface area (Å²) in [5, 5.41) is 10.8. The number of rotatable bonds is 7. The molecule has 216 valence electrons. The zero-order valence-electron chi connectivity index (χ0n) is 24.9. The molecule has 0 aliphatic heterocycles. The van der Waals surface area contributed by atoms with Crippen molar-refractivity contribution in [2.45, 2.75) is 52.2 Å². The SMILES string of the molecule is CN(C(=O)OC(C)(C)C)C1CC1.COc1ccc(-c2ccc(-c3cc(Nc4ccc(C)cc4)n[nH]3)cc2)c(OC)c1. The summed E-state index contributed by atoms with van der Waals surface area (Å²) < 4.78 is 16.0. The van der Waals surface area contributed by atoms with E-state index in [2.05, 4.69) is 58.8 Å². The van der Waals surface area contributed by atoms with Crippen LogP contribution in [0.3, 0.4) is 0 Å². The van der Waals surface area contributed by atoms with Gasteiger partial charge in [0.05, 0.1) is 19.9 Å². The van der Waals surface area contributed by atoms with Gasteiger partial charge in [0, 0.05) is 36.5 Å². The van der Waals surface area contributed by atoms with Crippen LogP contribution in [-0.2, 0) is 4.74 Å². The van der Waals surface area contributed by atoms with Gasteiger partial charge in [0.15, 0.2) is 5.82 Å². The number of methoxy groups -OCH3 is 2. The number of nitrogens with zero attached hydrogens (tertiary/aromatic N) is 2. The van der Waals surface area contributed by atoms with E-state index >= 15 is 0 Å². The lowest BCUT2D eigenvalue weighted by molar-refractivity contribution is 0.0285. The van der Waals surface area contributed by atoms with E-state index in [1.807, 2.05) is 57.2 Å². The molecule has 0 bridgehead atoms. The van der Waals surface area contributed by atoms with Gasteiger partial charge in [0.25, 0.3) is 0 Å². The Bertz CT molecular complexity index is 1440. The Balaban J connectivity index is 0.000000271. The van der Waals surface area contributed by atoms with Crippen LogP contribution >= 0.6 is 0 Å². The molecule has 1 aliphatic carbocycles. The summed E-state index contributed by atoms with van der Waals surface area (Å²) in [6.07, 6.45) is 2.04. The van der Waals surface area contributed by atoms with Gasteiger partial charge in [-0.05, 0) is 75.9 Å². The number of hydrogen-bond acceptors (Lipinski definition) is 6. The average Bonchev–Trinajstić information content (AvgIpc) is 3.71. The van der Waals surface area contributed by atoms with Crippen molar-refractivity contribution >= 4 is 17.6 Å². The maximum atomic E-state index is 11.3. The molecular formula is C33H40N4O4. The summed E-state index contributed by atoms with van der Waals surface area (Å²) in [7, 11) is 5.11. The molecule has 5 rings (SSSR count). The summed E-state index contributed by atoms with van der Waals surface area (Å²) >= 11 is 0. The van der Waals surface area contributed by atoms with Crippen molar-refractivity contribution in [3.05, 3.63) is 78.4 Å². The van der Waals surface area contributed by atoms with E-state index in [4.69, 9.17) is 14.2 Å². The number of benzene rings is 3. The molecule has 0 spiro atoms. The van der Waals surface area contributed by atoms with Gasteiger partial charge in [0.2, 0.25) is 0 Å².